The molecule has 0 spiro atoms. The number of para-hydroxylation sites is 1. The Kier molecular flexibility index (Phi) is 2.16. The number of aromatic nitrogens is 3. The molecule has 0 unspecified atom stereocenters. The lowest BCUT2D eigenvalue weighted by atomic mass is 10.2. The third-order valence-corrected chi connectivity index (χ3v) is 2.79. The highest BCUT2D eigenvalue weighted by molar-refractivity contribution is 6.02. The first-order valence-electron chi connectivity index (χ1n) is 5.35. The first-order valence-corrected chi connectivity index (χ1v) is 5.35. The number of nitrogens with zero attached hydrogens (tertiary/aromatic N) is 2. The van der Waals surface area contributed by atoms with Crippen LogP contribution in [0.2, 0.25) is 0 Å². The summed E-state index contributed by atoms with van der Waals surface area (Å²) in [6.07, 6.45) is 1.47. The lowest BCUT2D eigenvalue weighted by molar-refractivity contribution is -0.137. The van der Waals surface area contributed by atoms with Gasteiger partial charge in [-0.15, -0.1) is 0 Å². The molecule has 6 nitrogen and oxygen atoms in total. The van der Waals surface area contributed by atoms with E-state index in [9.17, 15) is 9.59 Å². The molecule has 0 saturated heterocycles. The largest absolute Gasteiger partial charge is 0.480 e. The van der Waals surface area contributed by atoms with Crippen molar-refractivity contribution < 1.29 is 9.90 Å². The third-order valence-electron chi connectivity index (χ3n) is 2.79. The summed E-state index contributed by atoms with van der Waals surface area (Å²) in [7, 11) is 0. The number of H-pyrrole nitrogens is 1. The number of fused-ring (bicyclic) bond motifs is 3. The van der Waals surface area contributed by atoms with E-state index in [4.69, 9.17) is 5.11 Å². The smallest absolute Gasteiger partial charge is 0.325 e. The van der Waals surface area contributed by atoms with Crippen molar-refractivity contribution in [1.82, 2.24) is 14.8 Å². The van der Waals surface area contributed by atoms with Crippen molar-refractivity contribution in [3.8, 4) is 0 Å². The number of carbonyl (C=O) groups is 1. The second-order valence-corrected chi connectivity index (χ2v) is 3.96. The lowest BCUT2D eigenvalue weighted by Gasteiger charge is -1.97. The monoisotopic (exact) mass is 243 g/mol. The van der Waals surface area contributed by atoms with Crippen molar-refractivity contribution in [2.45, 2.75) is 6.54 Å². The number of pyridine rings is 1. The first-order chi connectivity index (χ1) is 8.66. The number of nitrogens with one attached hydrogen (secondary N) is 1. The molecule has 0 amide bonds. The van der Waals surface area contributed by atoms with E-state index in [0.29, 0.717) is 10.9 Å². The van der Waals surface area contributed by atoms with Crippen molar-refractivity contribution in [3.63, 3.8) is 0 Å². The quantitative estimate of drug-likeness (QED) is 0.701. The molecule has 0 bridgehead atoms. The van der Waals surface area contributed by atoms with E-state index in [-0.39, 0.29) is 12.1 Å². The molecule has 0 aliphatic heterocycles. The van der Waals surface area contributed by atoms with Crippen LogP contribution in [0.5, 0.6) is 0 Å². The second-order valence-electron chi connectivity index (χ2n) is 3.96. The number of rotatable bonds is 2. The average Bonchev–Trinajstić information content (AvgIpc) is 2.66. The first kappa shape index (κ1) is 10.5. The fourth-order valence-corrected chi connectivity index (χ4v) is 2.00. The van der Waals surface area contributed by atoms with Crippen LogP contribution in [-0.2, 0) is 11.3 Å². The zero-order chi connectivity index (χ0) is 12.7. The maximum absolute atomic E-state index is 11.9. The summed E-state index contributed by atoms with van der Waals surface area (Å²) in [6.45, 7) is -0.387. The van der Waals surface area contributed by atoms with E-state index in [1.54, 1.807) is 0 Å². The molecule has 90 valence electrons. The molecule has 2 aromatic heterocycles. The number of carboxylic acid groups (broad SMARTS) is 1. The van der Waals surface area contributed by atoms with E-state index in [2.05, 4.69) is 10.1 Å². The summed E-state index contributed by atoms with van der Waals surface area (Å²) >= 11 is 0. The zero-order valence-corrected chi connectivity index (χ0v) is 9.25. The molecular formula is C12H9N3O3. The highest BCUT2D eigenvalue weighted by atomic mass is 16.4. The molecular weight excluding hydrogens is 234 g/mol. The van der Waals surface area contributed by atoms with Crippen molar-refractivity contribution in [3.05, 3.63) is 40.8 Å². The summed E-state index contributed by atoms with van der Waals surface area (Å²) < 4.78 is 1.07. The predicted octanol–water partition coefficient (Wildman–Crippen LogP) is 0.962. The summed E-state index contributed by atoms with van der Waals surface area (Å²) in [5, 5.41) is 12.8. The number of aromatic amines is 1. The van der Waals surface area contributed by atoms with Gasteiger partial charge in [0.15, 0.2) is 0 Å². The predicted molar refractivity (Wildman–Crippen MR) is 65.5 cm³/mol. The summed E-state index contributed by atoms with van der Waals surface area (Å²) in [5.41, 5.74) is 1.01. The highest BCUT2D eigenvalue weighted by Gasteiger charge is 2.11. The number of hydrogen-bond donors (Lipinski definition) is 2. The van der Waals surface area contributed by atoms with Crippen LogP contribution in [-0.4, -0.2) is 25.8 Å². The van der Waals surface area contributed by atoms with Gasteiger partial charge in [-0.25, -0.2) is 4.68 Å². The van der Waals surface area contributed by atoms with Crippen LogP contribution in [0, 0.1) is 0 Å². The van der Waals surface area contributed by atoms with Crippen LogP contribution >= 0.6 is 0 Å². The van der Waals surface area contributed by atoms with E-state index in [0.717, 1.165) is 15.6 Å². The standard InChI is InChI=1S/C12H9N3O3/c16-10(17)6-15-12(18)8-5-13-9-4-2-1-3-7(9)11(8)14-15/h1-5,14H,6H2,(H,16,17). The maximum atomic E-state index is 11.9. The van der Waals surface area contributed by atoms with E-state index in [1.807, 2.05) is 24.3 Å². The van der Waals surface area contributed by atoms with Crippen LogP contribution in [0.4, 0.5) is 0 Å². The molecule has 3 rings (SSSR count). The second kappa shape index (κ2) is 3.69. The van der Waals surface area contributed by atoms with Crippen molar-refractivity contribution in [1.29, 1.82) is 0 Å². The van der Waals surface area contributed by atoms with Gasteiger partial charge >= 0.3 is 5.97 Å². The third kappa shape index (κ3) is 1.46. The van der Waals surface area contributed by atoms with Gasteiger partial charge in [0.25, 0.3) is 5.56 Å². The molecule has 0 radical (unpaired) electrons. The van der Waals surface area contributed by atoms with Gasteiger partial charge in [-0.3, -0.25) is 19.7 Å². The van der Waals surface area contributed by atoms with Gasteiger partial charge in [0.05, 0.1) is 16.4 Å². The van der Waals surface area contributed by atoms with Crippen LogP contribution < -0.4 is 5.56 Å². The lowest BCUT2D eigenvalue weighted by Crippen LogP contribution is -2.21. The molecule has 0 saturated carbocycles. The topological polar surface area (TPSA) is 88.0 Å². The van der Waals surface area contributed by atoms with Crippen molar-refractivity contribution in [2.75, 3.05) is 0 Å². The fraction of sp³-hybridized carbons (Fsp3) is 0.0833. The Morgan fingerprint density at radius 1 is 1.33 bits per heavy atom. The van der Waals surface area contributed by atoms with Gasteiger partial charge < -0.3 is 5.11 Å². The van der Waals surface area contributed by atoms with Gasteiger partial charge in [0.1, 0.15) is 6.54 Å². The minimum absolute atomic E-state index is 0.370. The number of benzene rings is 1. The van der Waals surface area contributed by atoms with Crippen molar-refractivity contribution in [2.24, 2.45) is 0 Å². The van der Waals surface area contributed by atoms with Crippen LogP contribution in [0.15, 0.2) is 35.3 Å². The number of carboxylic acids is 1. The van der Waals surface area contributed by atoms with Gasteiger partial charge in [-0.05, 0) is 6.07 Å². The molecule has 2 N–H and O–H groups in total. The molecule has 6 heteroatoms. The minimum atomic E-state index is -1.07. The van der Waals surface area contributed by atoms with Gasteiger partial charge in [-0.1, -0.05) is 18.2 Å². The Bertz CT molecular complexity index is 816. The molecule has 0 atom stereocenters. The van der Waals surface area contributed by atoms with Crippen LogP contribution in [0.1, 0.15) is 0 Å². The zero-order valence-electron chi connectivity index (χ0n) is 9.25. The molecule has 2 heterocycles. The summed E-state index contributed by atoms with van der Waals surface area (Å²) in [6, 6.07) is 7.37. The van der Waals surface area contributed by atoms with Crippen molar-refractivity contribution >= 4 is 27.8 Å². The normalized spacial score (nSPS) is 11.1. The highest BCUT2D eigenvalue weighted by Crippen LogP contribution is 2.19. The Balaban J connectivity index is 2.38. The Morgan fingerprint density at radius 3 is 2.89 bits per heavy atom. The van der Waals surface area contributed by atoms with E-state index >= 15 is 0 Å². The summed E-state index contributed by atoms with van der Waals surface area (Å²) in [4.78, 5) is 26.8. The number of aliphatic carboxylic acids is 1. The number of hydrogen-bond acceptors (Lipinski definition) is 3. The molecule has 3 aromatic rings. The summed E-state index contributed by atoms with van der Waals surface area (Å²) in [5.74, 6) is -1.07. The van der Waals surface area contributed by atoms with Crippen LogP contribution in [0.25, 0.3) is 21.8 Å². The molecule has 0 aliphatic rings. The maximum Gasteiger partial charge on any atom is 0.325 e. The van der Waals surface area contributed by atoms with E-state index in [1.165, 1.54) is 6.20 Å². The molecule has 18 heavy (non-hydrogen) atoms. The fourth-order valence-electron chi connectivity index (χ4n) is 2.00. The van der Waals surface area contributed by atoms with E-state index < -0.39 is 5.97 Å². The Labute approximate surface area is 100 Å². The minimum Gasteiger partial charge on any atom is -0.480 e. The Morgan fingerprint density at radius 2 is 2.11 bits per heavy atom. The van der Waals surface area contributed by atoms with Gasteiger partial charge in [-0.2, -0.15) is 0 Å². The average molecular weight is 243 g/mol. The molecule has 0 fully saturated rings. The van der Waals surface area contributed by atoms with Crippen LogP contribution in [0.3, 0.4) is 0 Å². The SMILES string of the molecule is O=C(O)Cn1[nH]c2c(cnc3ccccc32)c1=O. The molecule has 0 aliphatic carbocycles. The van der Waals surface area contributed by atoms with Gasteiger partial charge in [0, 0.05) is 11.6 Å². The van der Waals surface area contributed by atoms with Gasteiger partial charge in [0.2, 0.25) is 0 Å². The molecule has 1 aromatic carbocycles. The Hall–Kier alpha value is -2.63.